The predicted molar refractivity (Wildman–Crippen MR) is 77.8 cm³/mol. The van der Waals surface area contributed by atoms with Crippen molar-refractivity contribution in [3.63, 3.8) is 0 Å². The van der Waals surface area contributed by atoms with Crippen LogP contribution >= 0.6 is 23.8 Å². The van der Waals surface area contributed by atoms with Crippen LogP contribution in [0.2, 0.25) is 5.02 Å². The maximum absolute atomic E-state index is 5.87. The minimum Gasteiger partial charge on any atom is -0.347 e. The van der Waals surface area contributed by atoms with Gasteiger partial charge >= 0.3 is 0 Å². The highest BCUT2D eigenvalue weighted by Crippen LogP contribution is 2.15. The molecule has 0 aliphatic heterocycles. The Bertz CT molecular complexity index is 587. The predicted octanol–water partition coefficient (Wildman–Crippen LogP) is 4.51. The standard InChI is InChI=1S/C14H15ClN2S/c1-9(2)12-8-14(18)17-13(16-12)7-10-3-5-11(15)6-4-10/h3-6,8-9H,7H2,1-2H3,(H,16,17,18). The Morgan fingerprint density at radius 2 is 1.94 bits per heavy atom. The normalized spacial score (nSPS) is 10.9. The third-order valence-corrected chi connectivity index (χ3v) is 3.18. The van der Waals surface area contributed by atoms with E-state index in [9.17, 15) is 0 Å². The highest BCUT2D eigenvalue weighted by Gasteiger charge is 2.04. The van der Waals surface area contributed by atoms with E-state index in [1.54, 1.807) is 0 Å². The molecule has 1 N–H and O–H groups in total. The largest absolute Gasteiger partial charge is 0.347 e. The van der Waals surface area contributed by atoms with Gasteiger partial charge < -0.3 is 4.98 Å². The van der Waals surface area contributed by atoms with Gasteiger partial charge in [-0.25, -0.2) is 4.98 Å². The maximum Gasteiger partial charge on any atom is 0.130 e. The second-order valence-electron chi connectivity index (χ2n) is 4.58. The smallest absolute Gasteiger partial charge is 0.130 e. The van der Waals surface area contributed by atoms with Crippen LogP contribution in [0, 0.1) is 4.64 Å². The topological polar surface area (TPSA) is 28.7 Å². The molecule has 0 aliphatic carbocycles. The van der Waals surface area contributed by atoms with Gasteiger partial charge in [-0.3, -0.25) is 0 Å². The van der Waals surface area contributed by atoms with Gasteiger partial charge in [0, 0.05) is 17.1 Å². The highest BCUT2D eigenvalue weighted by molar-refractivity contribution is 7.71. The Balaban J connectivity index is 2.28. The number of hydrogen-bond donors (Lipinski definition) is 1. The Hall–Kier alpha value is -1.19. The molecule has 0 atom stereocenters. The van der Waals surface area contributed by atoms with Gasteiger partial charge in [0.05, 0.1) is 0 Å². The number of hydrogen-bond acceptors (Lipinski definition) is 2. The number of aromatic nitrogens is 2. The molecule has 0 radical (unpaired) electrons. The first-order valence-electron chi connectivity index (χ1n) is 5.89. The molecule has 1 aromatic carbocycles. The second-order valence-corrected chi connectivity index (χ2v) is 5.43. The Labute approximate surface area is 117 Å². The molecule has 94 valence electrons. The molecule has 2 rings (SSSR count). The van der Waals surface area contributed by atoms with E-state index in [0.717, 1.165) is 23.0 Å². The lowest BCUT2D eigenvalue weighted by Crippen LogP contribution is -2.02. The van der Waals surface area contributed by atoms with E-state index in [1.165, 1.54) is 5.56 Å². The van der Waals surface area contributed by atoms with Gasteiger partial charge in [0.25, 0.3) is 0 Å². The van der Waals surface area contributed by atoms with Crippen molar-refractivity contribution in [2.24, 2.45) is 0 Å². The van der Waals surface area contributed by atoms with Gasteiger partial charge in [0.1, 0.15) is 10.5 Å². The molecule has 4 heteroatoms. The zero-order valence-electron chi connectivity index (χ0n) is 10.4. The molecule has 0 saturated carbocycles. The zero-order valence-corrected chi connectivity index (χ0v) is 12.0. The van der Waals surface area contributed by atoms with Crippen LogP contribution in [0.5, 0.6) is 0 Å². The van der Waals surface area contributed by atoms with E-state index in [2.05, 4.69) is 23.8 Å². The molecule has 0 saturated heterocycles. The van der Waals surface area contributed by atoms with Gasteiger partial charge in [-0.05, 0) is 29.7 Å². The molecule has 0 fully saturated rings. The molecule has 1 heterocycles. The van der Waals surface area contributed by atoms with Gasteiger partial charge in [-0.15, -0.1) is 0 Å². The van der Waals surface area contributed by atoms with Crippen molar-refractivity contribution in [3.05, 3.63) is 57.1 Å². The summed E-state index contributed by atoms with van der Waals surface area (Å²) >= 11 is 11.1. The van der Waals surface area contributed by atoms with E-state index in [1.807, 2.05) is 30.3 Å². The SMILES string of the molecule is CC(C)c1cc(=S)nc(Cc2ccc(Cl)cc2)[nH]1. The van der Waals surface area contributed by atoms with Crippen molar-refractivity contribution >= 4 is 23.8 Å². The molecule has 18 heavy (non-hydrogen) atoms. The van der Waals surface area contributed by atoms with Gasteiger partial charge in [0.2, 0.25) is 0 Å². The van der Waals surface area contributed by atoms with Crippen molar-refractivity contribution in [2.45, 2.75) is 26.2 Å². The lowest BCUT2D eigenvalue weighted by molar-refractivity contribution is 0.789. The van der Waals surface area contributed by atoms with Crippen molar-refractivity contribution in [1.29, 1.82) is 0 Å². The van der Waals surface area contributed by atoms with Crippen LogP contribution in [0.1, 0.15) is 36.8 Å². The molecule has 0 unspecified atom stereocenters. The fraction of sp³-hybridized carbons (Fsp3) is 0.286. The number of halogens is 1. The Morgan fingerprint density at radius 1 is 1.28 bits per heavy atom. The lowest BCUT2D eigenvalue weighted by Gasteiger charge is -2.08. The number of nitrogens with zero attached hydrogens (tertiary/aromatic N) is 1. The van der Waals surface area contributed by atoms with E-state index < -0.39 is 0 Å². The molecule has 1 aromatic heterocycles. The van der Waals surface area contributed by atoms with Crippen LogP contribution in [-0.2, 0) is 6.42 Å². The fourth-order valence-corrected chi connectivity index (χ4v) is 2.08. The van der Waals surface area contributed by atoms with Crippen LogP contribution in [0.3, 0.4) is 0 Å². The fourth-order valence-electron chi connectivity index (χ4n) is 1.72. The summed E-state index contributed by atoms with van der Waals surface area (Å²) in [4.78, 5) is 7.70. The third kappa shape index (κ3) is 3.40. The van der Waals surface area contributed by atoms with Crippen LogP contribution in [0.25, 0.3) is 0 Å². The summed E-state index contributed by atoms with van der Waals surface area (Å²) in [6, 6.07) is 9.70. The first-order valence-corrected chi connectivity index (χ1v) is 6.68. The van der Waals surface area contributed by atoms with Gasteiger partial charge in [0.15, 0.2) is 0 Å². The summed E-state index contributed by atoms with van der Waals surface area (Å²) in [5.41, 5.74) is 2.29. The Kier molecular flexibility index (Phi) is 4.15. The first-order chi connectivity index (χ1) is 8.54. The second kappa shape index (κ2) is 5.63. The number of H-pyrrole nitrogens is 1. The van der Waals surface area contributed by atoms with Crippen LogP contribution < -0.4 is 0 Å². The average molecular weight is 279 g/mol. The van der Waals surface area contributed by atoms with E-state index in [4.69, 9.17) is 23.8 Å². The monoisotopic (exact) mass is 278 g/mol. The van der Waals surface area contributed by atoms with E-state index in [0.29, 0.717) is 10.6 Å². The van der Waals surface area contributed by atoms with E-state index >= 15 is 0 Å². The minimum absolute atomic E-state index is 0.415. The average Bonchev–Trinajstić information content (AvgIpc) is 2.31. The van der Waals surface area contributed by atoms with Crippen molar-refractivity contribution < 1.29 is 0 Å². The quantitative estimate of drug-likeness (QED) is 0.837. The van der Waals surface area contributed by atoms with Crippen molar-refractivity contribution in [3.8, 4) is 0 Å². The molecule has 2 aromatic rings. The van der Waals surface area contributed by atoms with Gasteiger partial charge in [-0.2, -0.15) is 0 Å². The summed E-state index contributed by atoms with van der Waals surface area (Å²) in [5.74, 6) is 1.31. The summed E-state index contributed by atoms with van der Waals surface area (Å²) in [5, 5.41) is 0.746. The summed E-state index contributed by atoms with van der Waals surface area (Å²) in [6.45, 7) is 4.26. The number of rotatable bonds is 3. The summed E-state index contributed by atoms with van der Waals surface area (Å²) < 4.78 is 0.640. The molecule has 0 spiro atoms. The van der Waals surface area contributed by atoms with Crippen molar-refractivity contribution in [2.75, 3.05) is 0 Å². The third-order valence-electron chi connectivity index (χ3n) is 2.72. The molecule has 2 nitrogen and oxygen atoms in total. The summed E-state index contributed by atoms with van der Waals surface area (Å²) in [7, 11) is 0. The van der Waals surface area contributed by atoms with E-state index in [-0.39, 0.29) is 0 Å². The van der Waals surface area contributed by atoms with Crippen LogP contribution in [-0.4, -0.2) is 9.97 Å². The maximum atomic E-state index is 5.87. The first kappa shape index (κ1) is 13.2. The summed E-state index contributed by atoms with van der Waals surface area (Å²) in [6.07, 6.45) is 0.737. The lowest BCUT2D eigenvalue weighted by atomic mass is 10.1. The van der Waals surface area contributed by atoms with Crippen LogP contribution in [0.15, 0.2) is 30.3 Å². The van der Waals surface area contributed by atoms with Crippen LogP contribution in [0.4, 0.5) is 0 Å². The minimum atomic E-state index is 0.415. The molecular weight excluding hydrogens is 264 g/mol. The van der Waals surface area contributed by atoms with Gasteiger partial charge in [-0.1, -0.05) is 49.8 Å². The number of nitrogens with one attached hydrogen (secondary N) is 1. The number of benzene rings is 1. The van der Waals surface area contributed by atoms with Crippen molar-refractivity contribution in [1.82, 2.24) is 9.97 Å². The number of aromatic amines is 1. The Morgan fingerprint density at radius 3 is 2.56 bits per heavy atom. The highest BCUT2D eigenvalue weighted by atomic mass is 35.5. The zero-order chi connectivity index (χ0) is 13.1. The molecular formula is C14H15ClN2S. The molecule has 0 bridgehead atoms. The molecule has 0 aliphatic rings. The molecule has 0 amide bonds.